The van der Waals surface area contributed by atoms with Crippen molar-refractivity contribution in [2.45, 2.75) is 18.8 Å². The van der Waals surface area contributed by atoms with Gasteiger partial charge in [-0.1, -0.05) is 0 Å². The summed E-state index contributed by atoms with van der Waals surface area (Å²) >= 11 is 0. The summed E-state index contributed by atoms with van der Waals surface area (Å²) in [4.78, 5) is 3.81. The molecule has 20 heavy (non-hydrogen) atoms. The van der Waals surface area contributed by atoms with Gasteiger partial charge in [0.05, 0.1) is 0 Å². The molecule has 0 aliphatic rings. The van der Waals surface area contributed by atoms with Crippen molar-refractivity contribution in [1.29, 1.82) is 5.26 Å². The molecule has 0 radical (unpaired) electrons. The molecule has 2 aromatic rings. The van der Waals surface area contributed by atoms with Crippen molar-refractivity contribution in [3.8, 4) is 6.07 Å². The Labute approximate surface area is 112 Å². The Bertz CT molecular complexity index is 643. The molecule has 0 aromatic carbocycles. The van der Waals surface area contributed by atoms with Gasteiger partial charge >= 0.3 is 6.18 Å². The molecule has 0 amide bonds. The summed E-state index contributed by atoms with van der Waals surface area (Å²) < 4.78 is 38.6. The summed E-state index contributed by atoms with van der Waals surface area (Å²) in [5, 5.41) is 17.8. The van der Waals surface area contributed by atoms with Gasteiger partial charge in [0.15, 0.2) is 6.10 Å². The fourth-order valence-electron chi connectivity index (χ4n) is 1.75. The summed E-state index contributed by atoms with van der Waals surface area (Å²) in [6, 6.07) is 6.32. The average molecular weight is 281 g/mol. The van der Waals surface area contributed by atoms with Crippen LogP contribution in [0.25, 0.3) is 0 Å². The first-order valence-electron chi connectivity index (χ1n) is 5.65. The standard InChI is InChI=1S/C13H10F3N3O/c14-13(15,16)12(20)10-2-4-19(8-10)7-9-1-3-18-11(5-9)6-17/h1-5,8,12,20H,7H2. The number of nitrogens with zero attached hydrogens (tertiary/aromatic N) is 3. The summed E-state index contributed by atoms with van der Waals surface area (Å²) in [6.45, 7) is 0.293. The van der Waals surface area contributed by atoms with E-state index in [4.69, 9.17) is 10.4 Å². The fraction of sp³-hybridized carbons (Fsp3) is 0.231. The van der Waals surface area contributed by atoms with E-state index in [1.807, 2.05) is 6.07 Å². The molecular formula is C13H10F3N3O. The normalized spacial score (nSPS) is 12.9. The van der Waals surface area contributed by atoms with Crippen LogP contribution in [0.1, 0.15) is 22.9 Å². The van der Waals surface area contributed by atoms with Crippen molar-refractivity contribution < 1.29 is 18.3 Å². The van der Waals surface area contributed by atoms with Crippen LogP contribution in [0, 0.1) is 11.3 Å². The van der Waals surface area contributed by atoms with Crippen molar-refractivity contribution in [1.82, 2.24) is 9.55 Å². The minimum atomic E-state index is -4.68. The highest BCUT2D eigenvalue weighted by atomic mass is 19.4. The largest absolute Gasteiger partial charge is 0.418 e. The van der Waals surface area contributed by atoms with E-state index in [9.17, 15) is 13.2 Å². The van der Waals surface area contributed by atoms with E-state index in [-0.39, 0.29) is 11.3 Å². The predicted octanol–water partition coefficient (Wildman–Crippen LogP) is 2.40. The Balaban J connectivity index is 2.16. The van der Waals surface area contributed by atoms with Crippen molar-refractivity contribution in [3.05, 3.63) is 53.6 Å². The number of nitriles is 1. The maximum Gasteiger partial charge on any atom is 0.418 e. The molecule has 0 aliphatic heterocycles. The van der Waals surface area contributed by atoms with E-state index < -0.39 is 12.3 Å². The highest BCUT2D eigenvalue weighted by Gasteiger charge is 2.39. The van der Waals surface area contributed by atoms with E-state index >= 15 is 0 Å². The van der Waals surface area contributed by atoms with Crippen molar-refractivity contribution >= 4 is 0 Å². The number of alkyl halides is 3. The summed E-state index contributed by atoms with van der Waals surface area (Å²) in [5.41, 5.74) is 0.762. The molecule has 0 saturated carbocycles. The highest BCUT2D eigenvalue weighted by molar-refractivity contribution is 5.26. The smallest absolute Gasteiger partial charge is 0.379 e. The van der Waals surface area contributed by atoms with E-state index in [2.05, 4.69) is 4.98 Å². The van der Waals surface area contributed by atoms with E-state index in [1.54, 1.807) is 12.1 Å². The van der Waals surface area contributed by atoms with Crippen molar-refractivity contribution in [2.75, 3.05) is 0 Å². The van der Waals surface area contributed by atoms with Gasteiger partial charge in [-0.25, -0.2) is 4.98 Å². The third kappa shape index (κ3) is 3.16. The molecule has 0 aliphatic carbocycles. The second-order valence-electron chi connectivity index (χ2n) is 4.22. The number of rotatable bonds is 3. The Morgan fingerprint density at radius 1 is 1.40 bits per heavy atom. The number of aliphatic hydroxyl groups is 1. The minimum Gasteiger partial charge on any atom is -0.379 e. The first kappa shape index (κ1) is 14.1. The van der Waals surface area contributed by atoms with Gasteiger partial charge in [-0.3, -0.25) is 0 Å². The SMILES string of the molecule is N#Cc1cc(Cn2ccc(C(O)C(F)(F)F)c2)ccn1. The molecule has 1 atom stereocenters. The lowest BCUT2D eigenvalue weighted by molar-refractivity contribution is -0.206. The lowest BCUT2D eigenvalue weighted by atomic mass is 10.2. The molecule has 104 valence electrons. The van der Waals surface area contributed by atoms with Crippen LogP contribution >= 0.6 is 0 Å². The molecule has 0 bridgehead atoms. The molecule has 0 fully saturated rings. The van der Waals surface area contributed by atoms with Crippen LogP contribution in [-0.2, 0) is 6.54 Å². The number of aliphatic hydroxyl groups excluding tert-OH is 1. The fourth-order valence-corrected chi connectivity index (χ4v) is 1.75. The Morgan fingerprint density at radius 2 is 2.15 bits per heavy atom. The molecular weight excluding hydrogens is 271 g/mol. The number of aromatic nitrogens is 2. The van der Waals surface area contributed by atoms with Crippen LogP contribution in [0.15, 0.2) is 36.8 Å². The molecule has 0 saturated heterocycles. The summed E-state index contributed by atoms with van der Waals surface area (Å²) in [6.07, 6.45) is -3.04. The second kappa shape index (κ2) is 5.35. The van der Waals surface area contributed by atoms with Gasteiger partial charge in [-0.2, -0.15) is 18.4 Å². The van der Waals surface area contributed by atoms with E-state index in [0.717, 1.165) is 5.56 Å². The predicted molar refractivity (Wildman–Crippen MR) is 63.5 cm³/mol. The molecule has 7 heteroatoms. The molecule has 0 spiro atoms. The van der Waals surface area contributed by atoms with Gasteiger partial charge in [-0.15, -0.1) is 0 Å². The summed E-state index contributed by atoms with van der Waals surface area (Å²) in [7, 11) is 0. The zero-order valence-corrected chi connectivity index (χ0v) is 10.2. The second-order valence-corrected chi connectivity index (χ2v) is 4.22. The maximum absolute atomic E-state index is 12.4. The van der Waals surface area contributed by atoms with Crippen LogP contribution in [0.5, 0.6) is 0 Å². The number of halogens is 3. The number of hydrogen-bond donors (Lipinski definition) is 1. The van der Waals surface area contributed by atoms with Crippen LogP contribution in [0.2, 0.25) is 0 Å². The van der Waals surface area contributed by atoms with E-state index in [0.29, 0.717) is 6.54 Å². The molecule has 2 aromatic heterocycles. The van der Waals surface area contributed by atoms with Crippen LogP contribution in [-0.4, -0.2) is 20.8 Å². The van der Waals surface area contributed by atoms with Gasteiger partial charge in [0.1, 0.15) is 11.8 Å². The molecule has 1 unspecified atom stereocenters. The monoisotopic (exact) mass is 281 g/mol. The number of hydrogen-bond acceptors (Lipinski definition) is 3. The van der Waals surface area contributed by atoms with E-state index in [1.165, 1.54) is 29.2 Å². The first-order chi connectivity index (χ1) is 9.40. The van der Waals surface area contributed by atoms with Gasteiger partial charge in [0, 0.05) is 30.7 Å². The van der Waals surface area contributed by atoms with Gasteiger partial charge < -0.3 is 9.67 Å². The summed E-state index contributed by atoms with van der Waals surface area (Å²) in [5.74, 6) is 0. The lowest BCUT2D eigenvalue weighted by Crippen LogP contribution is -2.19. The van der Waals surface area contributed by atoms with Crippen molar-refractivity contribution in [2.24, 2.45) is 0 Å². The maximum atomic E-state index is 12.4. The van der Waals surface area contributed by atoms with Gasteiger partial charge in [-0.05, 0) is 23.8 Å². The molecule has 1 N–H and O–H groups in total. The average Bonchev–Trinajstić information content (AvgIpc) is 2.85. The number of pyridine rings is 1. The topological polar surface area (TPSA) is 61.8 Å². The minimum absolute atomic E-state index is 0.216. The molecule has 2 rings (SSSR count). The van der Waals surface area contributed by atoms with Gasteiger partial charge in [0.2, 0.25) is 0 Å². The Morgan fingerprint density at radius 3 is 2.80 bits per heavy atom. The third-order valence-electron chi connectivity index (χ3n) is 2.70. The molecule has 4 nitrogen and oxygen atoms in total. The quantitative estimate of drug-likeness (QED) is 0.939. The Hall–Kier alpha value is -2.33. The van der Waals surface area contributed by atoms with Gasteiger partial charge in [0.25, 0.3) is 0 Å². The zero-order valence-electron chi connectivity index (χ0n) is 10.2. The molecule has 2 heterocycles. The van der Waals surface area contributed by atoms with Crippen molar-refractivity contribution in [3.63, 3.8) is 0 Å². The third-order valence-corrected chi connectivity index (χ3v) is 2.70. The highest BCUT2D eigenvalue weighted by Crippen LogP contribution is 2.32. The zero-order chi connectivity index (χ0) is 14.8. The Kier molecular flexibility index (Phi) is 3.77. The van der Waals surface area contributed by atoms with Crippen LogP contribution in [0.4, 0.5) is 13.2 Å². The first-order valence-corrected chi connectivity index (χ1v) is 5.65. The van der Waals surface area contributed by atoms with Crippen LogP contribution in [0.3, 0.4) is 0 Å². The van der Waals surface area contributed by atoms with Crippen LogP contribution < -0.4 is 0 Å². The lowest BCUT2D eigenvalue weighted by Gasteiger charge is -2.12.